The fourth-order valence-electron chi connectivity index (χ4n) is 2.18. The summed E-state index contributed by atoms with van der Waals surface area (Å²) in [5.41, 5.74) is 1.43. The van der Waals surface area contributed by atoms with Crippen LogP contribution >= 0.6 is 11.8 Å². The number of hydrogen-bond donors (Lipinski definition) is 1. The van der Waals surface area contributed by atoms with Gasteiger partial charge in [-0.25, -0.2) is 0 Å². The van der Waals surface area contributed by atoms with E-state index in [1.807, 2.05) is 18.2 Å². The predicted molar refractivity (Wildman–Crippen MR) is 72.4 cm³/mol. The quantitative estimate of drug-likeness (QED) is 0.827. The Morgan fingerprint density at radius 3 is 2.83 bits per heavy atom. The molecule has 1 aromatic carbocycles. The van der Waals surface area contributed by atoms with Crippen LogP contribution in [0.15, 0.2) is 29.2 Å². The van der Waals surface area contributed by atoms with Crippen molar-refractivity contribution < 1.29 is 4.79 Å². The standard InChI is InChI=1S/C14H16N2OS/c1-18-12-5-3-2-4-11(12)14(7-8-14)10-16-13(17)6-9-15/h2-5H,6-8,10H2,1H3,(H,16,17). The fraction of sp³-hybridized carbons (Fsp3) is 0.429. The Morgan fingerprint density at radius 1 is 1.50 bits per heavy atom. The molecule has 0 aliphatic heterocycles. The summed E-state index contributed by atoms with van der Waals surface area (Å²) in [5.74, 6) is -0.176. The van der Waals surface area contributed by atoms with Crippen LogP contribution in [0, 0.1) is 11.3 Å². The van der Waals surface area contributed by atoms with Crippen molar-refractivity contribution in [3.8, 4) is 6.07 Å². The van der Waals surface area contributed by atoms with Gasteiger partial charge in [0.25, 0.3) is 0 Å². The molecular formula is C14H16N2OS. The largest absolute Gasteiger partial charge is 0.354 e. The van der Waals surface area contributed by atoms with Gasteiger partial charge < -0.3 is 5.32 Å². The zero-order chi connectivity index (χ0) is 13.0. The second kappa shape index (κ2) is 5.45. The fourth-order valence-corrected chi connectivity index (χ4v) is 2.90. The Balaban J connectivity index is 2.08. The summed E-state index contributed by atoms with van der Waals surface area (Å²) in [5, 5.41) is 11.3. The average molecular weight is 260 g/mol. The second-order valence-electron chi connectivity index (χ2n) is 4.59. The Bertz CT molecular complexity index is 489. The van der Waals surface area contributed by atoms with E-state index in [1.165, 1.54) is 10.5 Å². The van der Waals surface area contributed by atoms with Gasteiger partial charge in [0, 0.05) is 16.9 Å². The summed E-state index contributed by atoms with van der Waals surface area (Å²) < 4.78 is 0. The molecule has 94 valence electrons. The molecule has 1 aliphatic rings. The van der Waals surface area contributed by atoms with E-state index in [4.69, 9.17) is 5.26 Å². The molecule has 1 aliphatic carbocycles. The van der Waals surface area contributed by atoms with Crippen LogP contribution < -0.4 is 5.32 Å². The number of benzene rings is 1. The normalized spacial score (nSPS) is 15.8. The summed E-state index contributed by atoms with van der Waals surface area (Å²) in [6, 6.07) is 10.2. The number of hydrogen-bond acceptors (Lipinski definition) is 3. The van der Waals surface area contributed by atoms with Gasteiger partial charge in [0.1, 0.15) is 6.42 Å². The molecule has 1 amide bonds. The maximum atomic E-state index is 11.4. The molecule has 1 aromatic rings. The van der Waals surface area contributed by atoms with Crippen molar-refractivity contribution in [1.82, 2.24) is 5.32 Å². The van der Waals surface area contributed by atoms with E-state index < -0.39 is 0 Å². The zero-order valence-corrected chi connectivity index (χ0v) is 11.2. The third-order valence-electron chi connectivity index (χ3n) is 3.40. The van der Waals surface area contributed by atoms with Crippen LogP contribution in [-0.4, -0.2) is 18.7 Å². The van der Waals surface area contributed by atoms with Crippen LogP contribution in [0.4, 0.5) is 0 Å². The molecule has 0 heterocycles. The molecule has 0 bridgehead atoms. The number of carbonyl (C=O) groups excluding carboxylic acids is 1. The molecular weight excluding hydrogens is 244 g/mol. The molecule has 0 aromatic heterocycles. The second-order valence-corrected chi connectivity index (χ2v) is 5.44. The highest BCUT2D eigenvalue weighted by Crippen LogP contribution is 2.50. The van der Waals surface area contributed by atoms with Crippen molar-refractivity contribution >= 4 is 17.7 Å². The number of carbonyl (C=O) groups is 1. The van der Waals surface area contributed by atoms with E-state index in [0.717, 1.165) is 12.8 Å². The number of nitrogens with zero attached hydrogens (tertiary/aromatic N) is 1. The molecule has 2 rings (SSSR count). The first-order valence-electron chi connectivity index (χ1n) is 5.99. The lowest BCUT2D eigenvalue weighted by Gasteiger charge is -2.19. The van der Waals surface area contributed by atoms with Gasteiger partial charge in [0.05, 0.1) is 6.07 Å². The van der Waals surface area contributed by atoms with Gasteiger partial charge in [-0.2, -0.15) is 5.26 Å². The summed E-state index contributed by atoms with van der Waals surface area (Å²) in [4.78, 5) is 12.6. The molecule has 0 saturated heterocycles. The van der Waals surface area contributed by atoms with Crippen molar-refractivity contribution in [2.45, 2.75) is 29.6 Å². The maximum absolute atomic E-state index is 11.4. The van der Waals surface area contributed by atoms with Crippen LogP contribution in [0.5, 0.6) is 0 Å². The van der Waals surface area contributed by atoms with E-state index in [0.29, 0.717) is 6.54 Å². The topological polar surface area (TPSA) is 52.9 Å². The smallest absolute Gasteiger partial charge is 0.234 e. The lowest BCUT2D eigenvalue weighted by atomic mass is 9.96. The number of nitrogens with one attached hydrogen (secondary N) is 1. The van der Waals surface area contributed by atoms with Crippen LogP contribution in [0.25, 0.3) is 0 Å². The Hall–Kier alpha value is -1.47. The average Bonchev–Trinajstić information content (AvgIpc) is 3.18. The third kappa shape index (κ3) is 2.68. The lowest BCUT2D eigenvalue weighted by Crippen LogP contribution is -2.32. The SMILES string of the molecule is CSc1ccccc1C1(CNC(=O)CC#N)CC1. The van der Waals surface area contributed by atoms with Crippen molar-refractivity contribution in [3.63, 3.8) is 0 Å². The van der Waals surface area contributed by atoms with Gasteiger partial charge in [0.15, 0.2) is 0 Å². The number of amides is 1. The van der Waals surface area contributed by atoms with Gasteiger partial charge in [-0.1, -0.05) is 18.2 Å². The van der Waals surface area contributed by atoms with Crippen LogP contribution in [0.3, 0.4) is 0 Å². The summed E-state index contributed by atoms with van der Waals surface area (Å²) >= 11 is 1.74. The minimum atomic E-state index is -0.176. The highest BCUT2D eigenvalue weighted by atomic mass is 32.2. The molecule has 1 fully saturated rings. The zero-order valence-electron chi connectivity index (χ0n) is 10.4. The highest BCUT2D eigenvalue weighted by Gasteiger charge is 2.45. The first-order valence-corrected chi connectivity index (χ1v) is 7.21. The van der Waals surface area contributed by atoms with Gasteiger partial charge in [-0.15, -0.1) is 11.8 Å². The van der Waals surface area contributed by atoms with Crippen LogP contribution in [0.2, 0.25) is 0 Å². The van der Waals surface area contributed by atoms with Gasteiger partial charge in [-0.05, 0) is 30.7 Å². The molecule has 1 saturated carbocycles. The minimum absolute atomic E-state index is 0.0553. The molecule has 0 unspecified atom stereocenters. The van der Waals surface area contributed by atoms with Crippen molar-refractivity contribution in [2.75, 3.05) is 12.8 Å². The lowest BCUT2D eigenvalue weighted by molar-refractivity contribution is -0.120. The van der Waals surface area contributed by atoms with Crippen molar-refractivity contribution in [1.29, 1.82) is 5.26 Å². The number of nitriles is 1. The molecule has 0 radical (unpaired) electrons. The van der Waals surface area contributed by atoms with Gasteiger partial charge in [0.2, 0.25) is 5.91 Å². The van der Waals surface area contributed by atoms with E-state index >= 15 is 0 Å². The predicted octanol–water partition coefficient (Wildman–Crippen LogP) is 2.47. The molecule has 1 N–H and O–H groups in total. The number of rotatable bonds is 5. The van der Waals surface area contributed by atoms with E-state index in [9.17, 15) is 4.79 Å². The monoisotopic (exact) mass is 260 g/mol. The third-order valence-corrected chi connectivity index (χ3v) is 4.19. The summed E-state index contributed by atoms with van der Waals surface area (Å²) in [7, 11) is 0. The van der Waals surface area contributed by atoms with Crippen molar-refractivity contribution in [2.24, 2.45) is 0 Å². The molecule has 0 spiro atoms. The van der Waals surface area contributed by atoms with Gasteiger partial charge in [-0.3, -0.25) is 4.79 Å². The number of thioether (sulfide) groups is 1. The molecule has 4 heteroatoms. The maximum Gasteiger partial charge on any atom is 0.234 e. The molecule has 3 nitrogen and oxygen atoms in total. The van der Waals surface area contributed by atoms with Crippen LogP contribution in [0.1, 0.15) is 24.8 Å². The first kappa shape index (κ1) is 13.0. The highest BCUT2D eigenvalue weighted by molar-refractivity contribution is 7.98. The van der Waals surface area contributed by atoms with E-state index in [1.54, 1.807) is 11.8 Å². The molecule has 18 heavy (non-hydrogen) atoms. The first-order chi connectivity index (χ1) is 8.72. The molecule has 0 atom stereocenters. The summed E-state index contributed by atoms with van der Waals surface area (Å²) in [6.07, 6.45) is 4.23. The Kier molecular flexibility index (Phi) is 3.93. The van der Waals surface area contributed by atoms with Crippen molar-refractivity contribution in [3.05, 3.63) is 29.8 Å². The summed E-state index contributed by atoms with van der Waals surface area (Å²) in [6.45, 7) is 0.644. The van der Waals surface area contributed by atoms with E-state index in [-0.39, 0.29) is 17.7 Å². The minimum Gasteiger partial charge on any atom is -0.354 e. The Labute approximate surface area is 112 Å². The van der Waals surface area contributed by atoms with Gasteiger partial charge >= 0.3 is 0 Å². The Morgan fingerprint density at radius 2 is 2.22 bits per heavy atom. The van der Waals surface area contributed by atoms with Crippen LogP contribution in [-0.2, 0) is 10.2 Å². The van der Waals surface area contributed by atoms with E-state index in [2.05, 4.69) is 23.7 Å².